The molecule has 0 saturated heterocycles. The minimum Gasteiger partial charge on any atom is -0.415 e. The topological polar surface area (TPSA) is 92.4 Å². The van der Waals surface area contributed by atoms with Crippen molar-refractivity contribution >= 4 is 5.91 Å². The molecule has 5 rings (SSSR count). The summed E-state index contributed by atoms with van der Waals surface area (Å²) in [6.45, 7) is 0.0378. The lowest BCUT2D eigenvalue weighted by Crippen LogP contribution is -2.33. The summed E-state index contributed by atoms with van der Waals surface area (Å²) in [6, 6.07) is 12.5. The molecule has 2 unspecified atom stereocenters. The van der Waals surface area contributed by atoms with Crippen LogP contribution in [0.4, 0.5) is 22.0 Å². The van der Waals surface area contributed by atoms with Crippen molar-refractivity contribution in [2.45, 2.75) is 31.3 Å². The number of benzene rings is 2. The lowest BCUT2D eigenvalue weighted by atomic mass is 9.96. The van der Waals surface area contributed by atoms with E-state index in [4.69, 9.17) is 4.42 Å². The summed E-state index contributed by atoms with van der Waals surface area (Å²) in [7, 11) is 0. The lowest BCUT2D eigenvalue weighted by Gasteiger charge is -2.32. The summed E-state index contributed by atoms with van der Waals surface area (Å²) in [4.78, 5) is 19.0. The molecule has 190 valence electrons. The molecule has 0 spiro atoms. The highest BCUT2D eigenvalue weighted by Crippen LogP contribution is 2.40. The third-order valence-electron chi connectivity index (χ3n) is 6.02. The molecular formula is C25H17F5N4O3. The standard InChI is InChI=1S/C25H17F5N4O3/c26-21(27)23-33-32-22(37-23)14-4-5-15-12-34(24(36)17(15)11-14)19(20(35)18-3-1-2-10-31-18)13-6-8-16(9-7-13)25(28,29)30/h1-11,19-21,35H,12H2. The Morgan fingerprint density at radius 3 is 2.38 bits per heavy atom. The van der Waals surface area contributed by atoms with Gasteiger partial charge in [0.1, 0.15) is 6.10 Å². The highest BCUT2D eigenvalue weighted by atomic mass is 19.4. The first kappa shape index (κ1) is 24.5. The molecule has 4 aromatic rings. The number of alkyl halides is 5. The quantitative estimate of drug-likeness (QED) is 0.340. The number of aliphatic hydroxyl groups is 1. The summed E-state index contributed by atoms with van der Waals surface area (Å²) in [5.41, 5.74) is 0.635. The van der Waals surface area contributed by atoms with Gasteiger partial charge in [-0.1, -0.05) is 24.3 Å². The van der Waals surface area contributed by atoms with Crippen LogP contribution in [0.2, 0.25) is 0 Å². The van der Waals surface area contributed by atoms with Crippen molar-refractivity contribution in [1.82, 2.24) is 20.1 Å². The van der Waals surface area contributed by atoms with Crippen LogP contribution in [-0.4, -0.2) is 31.1 Å². The van der Waals surface area contributed by atoms with E-state index in [9.17, 15) is 31.9 Å². The number of carbonyl (C=O) groups is 1. The van der Waals surface area contributed by atoms with E-state index < -0.39 is 42.1 Å². The Morgan fingerprint density at radius 1 is 1.00 bits per heavy atom. The van der Waals surface area contributed by atoms with Crippen LogP contribution in [0.15, 0.2) is 71.3 Å². The van der Waals surface area contributed by atoms with Crippen molar-refractivity contribution < 1.29 is 36.3 Å². The van der Waals surface area contributed by atoms with Gasteiger partial charge >= 0.3 is 12.6 Å². The summed E-state index contributed by atoms with van der Waals surface area (Å²) in [6.07, 6.45) is -7.42. The Labute approximate surface area is 206 Å². The number of carbonyl (C=O) groups excluding carboxylic acids is 1. The molecule has 0 radical (unpaired) electrons. The SMILES string of the molecule is O=C1c2cc(-c3nnc(C(F)F)o3)ccc2CN1C(c1ccc(C(F)(F)F)cc1)C(O)c1ccccn1. The van der Waals surface area contributed by atoms with Crippen LogP contribution >= 0.6 is 0 Å². The summed E-state index contributed by atoms with van der Waals surface area (Å²) in [5, 5.41) is 18.1. The van der Waals surface area contributed by atoms with Crippen molar-refractivity contribution in [3.8, 4) is 11.5 Å². The number of hydrogen-bond donors (Lipinski definition) is 1. The number of fused-ring (bicyclic) bond motifs is 1. The second-order valence-corrected chi connectivity index (χ2v) is 8.32. The highest BCUT2D eigenvalue weighted by Gasteiger charge is 2.39. The molecule has 0 fully saturated rings. The maximum atomic E-state index is 13.5. The van der Waals surface area contributed by atoms with Crippen LogP contribution < -0.4 is 0 Å². The van der Waals surface area contributed by atoms with Crippen LogP contribution in [0.1, 0.15) is 57.2 Å². The van der Waals surface area contributed by atoms with Crippen LogP contribution in [0.25, 0.3) is 11.5 Å². The Kier molecular flexibility index (Phi) is 6.20. The molecule has 2 aromatic carbocycles. The molecule has 7 nitrogen and oxygen atoms in total. The van der Waals surface area contributed by atoms with Crippen molar-refractivity contribution in [1.29, 1.82) is 0 Å². The summed E-state index contributed by atoms with van der Waals surface area (Å²) < 4.78 is 70.0. The second kappa shape index (κ2) is 9.36. The molecule has 1 N–H and O–H groups in total. The molecule has 0 aliphatic carbocycles. The zero-order chi connectivity index (χ0) is 26.3. The largest absolute Gasteiger partial charge is 0.416 e. The molecule has 1 aliphatic heterocycles. The van der Waals surface area contributed by atoms with Gasteiger partial charge in [-0.3, -0.25) is 9.78 Å². The third kappa shape index (κ3) is 4.67. The highest BCUT2D eigenvalue weighted by molar-refractivity contribution is 5.99. The number of nitrogens with zero attached hydrogens (tertiary/aromatic N) is 4. The smallest absolute Gasteiger partial charge is 0.415 e. The first-order valence-corrected chi connectivity index (χ1v) is 11.0. The Balaban J connectivity index is 1.51. The van der Waals surface area contributed by atoms with E-state index in [0.717, 1.165) is 12.1 Å². The first-order chi connectivity index (χ1) is 17.6. The monoisotopic (exact) mass is 516 g/mol. The van der Waals surface area contributed by atoms with Gasteiger partial charge < -0.3 is 14.4 Å². The third-order valence-corrected chi connectivity index (χ3v) is 6.02. The zero-order valence-corrected chi connectivity index (χ0v) is 18.7. The number of aromatic nitrogens is 3. The Hall–Kier alpha value is -4.19. The lowest BCUT2D eigenvalue weighted by molar-refractivity contribution is -0.137. The van der Waals surface area contributed by atoms with Crippen LogP contribution in [0.5, 0.6) is 0 Å². The Bertz CT molecular complexity index is 1420. The minimum atomic E-state index is -4.55. The summed E-state index contributed by atoms with van der Waals surface area (Å²) in [5.74, 6) is -1.58. The number of rotatable bonds is 6. The van der Waals surface area contributed by atoms with Gasteiger partial charge in [0, 0.05) is 23.9 Å². The van der Waals surface area contributed by atoms with Crippen LogP contribution in [0.3, 0.4) is 0 Å². The van der Waals surface area contributed by atoms with E-state index in [1.54, 1.807) is 24.3 Å². The van der Waals surface area contributed by atoms with E-state index in [0.29, 0.717) is 5.56 Å². The molecule has 2 atom stereocenters. The number of hydrogen-bond acceptors (Lipinski definition) is 6. The van der Waals surface area contributed by atoms with Gasteiger partial charge in [-0.05, 0) is 47.5 Å². The molecule has 0 saturated carbocycles. The zero-order valence-electron chi connectivity index (χ0n) is 18.7. The number of pyridine rings is 1. The predicted octanol–water partition coefficient (Wildman–Crippen LogP) is 5.52. The maximum absolute atomic E-state index is 13.5. The van der Waals surface area contributed by atoms with E-state index in [-0.39, 0.29) is 34.8 Å². The van der Waals surface area contributed by atoms with Crippen molar-refractivity contribution in [3.05, 3.63) is 101 Å². The van der Waals surface area contributed by atoms with Gasteiger partial charge in [0.25, 0.3) is 11.8 Å². The molecular weight excluding hydrogens is 499 g/mol. The van der Waals surface area contributed by atoms with Gasteiger partial charge in [-0.15, -0.1) is 10.2 Å². The molecule has 1 aliphatic rings. The molecule has 3 heterocycles. The van der Waals surface area contributed by atoms with Crippen LogP contribution in [-0.2, 0) is 12.7 Å². The fourth-order valence-electron chi connectivity index (χ4n) is 4.24. The van der Waals surface area contributed by atoms with Crippen molar-refractivity contribution in [3.63, 3.8) is 0 Å². The number of halogens is 5. The van der Waals surface area contributed by atoms with E-state index in [1.165, 1.54) is 35.4 Å². The van der Waals surface area contributed by atoms with E-state index in [1.807, 2.05) is 0 Å². The number of amides is 1. The molecule has 2 aromatic heterocycles. The predicted molar refractivity (Wildman–Crippen MR) is 118 cm³/mol. The average Bonchev–Trinajstić information content (AvgIpc) is 3.50. The fourth-order valence-corrected chi connectivity index (χ4v) is 4.24. The van der Waals surface area contributed by atoms with Gasteiger partial charge in [0.15, 0.2) is 0 Å². The molecule has 12 heteroatoms. The molecule has 1 amide bonds. The van der Waals surface area contributed by atoms with Gasteiger partial charge in [-0.2, -0.15) is 22.0 Å². The van der Waals surface area contributed by atoms with Crippen LogP contribution in [0, 0.1) is 0 Å². The van der Waals surface area contributed by atoms with Crippen molar-refractivity contribution in [2.24, 2.45) is 0 Å². The summed E-state index contributed by atoms with van der Waals surface area (Å²) >= 11 is 0. The van der Waals surface area contributed by atoms with Gasteiger partial charge in [-0.25, -0.2) is 0 Å². The van der Waals surface area contributed by atoms with E-state index in [2.05, 4.69) is 15.2 Å². The molecule has 0 bridgehead atoms. The minimum absolute atomic E-state index is 0.0378. The maximum Gasteiger partial charge on any atom is 0.416 e. The van der Waals surface area contributed by atoms with Gasteiger partial charge in [0.05, 0.1) is 17.3 Å². The molecule has 37 heavy (non-hydrogen) atoms. The second-order valence-electron chi connectivity index (χ2n) is 8.32. The normalized spacial score (nSPS) is 15.2. The first-order valence-electron chi connectivity index (χ1n) is 11.0. The number of aliphatic hydroxyl groups excluding tert-OH is 1. The Morgan fingerprint density at radius 2 is 1.76 bits per heavy atom. The van der Waals surface area contributed by atoms with E-state index >= 15 is 0 Å². The average molecular weight is 516 g/mol. The van der Waals surface area contributed by atoms with Crippen molar-refractivity contribution in [2.75, 3.05) is 0 Å². The van der Waals surface area contributed by atoms with Gasteiger partial charge in [0.2, 0.25) is 5.89 Å². The fraction of sp³-hybridized carbons (Fsp3) is 0.200.